The SMILES string of the molecule is COc1ccccc1CN(C)C(=O)c1ccc(-c2nc(C)no2)cc1. The number of methoxy groups -OCH3 is 1. The lowest BCUT2D eigenvalue weighted by Crippen LogP contribution is -2.26. The van der Waals surface area contributed by atoms with Gasteiger partial charge in [-0.3, -0.25) is 4.79 Å². The number of amides is 1. The first-order chi connectivity index (χ1) is 12.1. The van der Waals surface area contributed by atoms with Gasteiger partial charge in [0.15, 0.2) is 5.82 Å². The molecule has 3 aromatic rings. The number of carbonyl (C=O) groups excluding carboxylic acids is 1. The van der Waals surface area contributed by atoms with Gasteiger partial charge >= 0.3 is 0 Å². The van der Waals surface area contributed by atoms with Gasteiger partial charge in [-0.25, -0.2) is 0 Å². The van der Waals surface area contributed by atoms with Crippen LogP contribution >= 0.6 is 0 Å². The number of benzene rings is 2. The number of nitrogens with zero attached hydrogens (tertiary/aromatic N) is 3. The minimum absolute atomic E-state index is 0.0702. The van der Waals surface area contributed by atoms with Crippen LogP contribution in [0.2, 0.25) is 0 Å². The van der Waals surface area contributed by atoms with Crippen LogP contribution in [-0.4, -0.2) is 35.1 Å². The van der Waals surface area contributed by atoms with Gasteiger partial charge in [-0.05, 0) is 37.3 Å². The molecule has 1 aromatic heterocycles. The number of carbonyl (C=O) groups is 1. The van der Waals surface area contributed by atoms with E-state index in [4.69, 9.17) is 9.26 Å². The summed E-state index contributed by atoms with van der Waals surface area (Å²) >= 11 is 0. The molecule has 0 fully saturated rings. The minimum Gasteiger partial charge on any atom is -0.496 e. The highest BCUT2D eigenvalue weighted by Crippen LogP contribution is 2.21. The summed E-state index contributed by atoms with van der Waals surface area (Å²) in [6.45, 7) is 2.23. The molecule has 3 rings (SSSR count). The molecule has 0 unspecified atom stereocenters. The van der Waals surface area contributed by atoms with E-state index in [0.29, 0.717) is 23.8 Å². The van der Waals surface area contributed by atoms with Crippen LogP contribution in [0.15, 0.2) is 53.1 Å². The Morgan fingerprint density at radius 1 is 1.16 bits per heavy atom. The number of ether oxygens (including phenoxy) is 1. The van der Waals surface area contributed by atoms with Gasteiger partial charge in [0.25, 0.3) is 11.8 Å². The van der Waals surface area contributed by atoms with Crippen LogP contribution in [0, 0.1) is 6.92 Å². The standard InChI is InChI=1S/C19H19N3O3/c1-13-20-18(25-21-13)14-8-10-15(11-9-14)19(23)22(2)12-16-6-4-5-7-17(16)24-3/h4-11H,12H2,1-3H3. The first-order valence-corrected chi connectivity index (χ1v) is 7.86. The maximum Gasteiger partial charge on any atom is 0.257 e. The quantitative estimate of drug-likeness (QED) is 0.714. The molecule has 0 radical (unpaired) electrons. The van der Waals surface area contributed by atoms with E-state index >= 15 is 0 Å². The zero-order valence-corrected chi connectivity index (χ0v) is 14.4. The van der Waals surface area contributed by atoms with Crippen molar-refractivity contribution in [1.82, 2.24) is 15.0 Å². The van der Waals surface area contributed by atoms with E-state index in [1.807, 2.05) is 24.3 Å². The Morgan fingerprint density at radius 2 is 1.88 bits per heavy atom. The normalized spacial score (nSPS) is 10.5. The third kappa shape index (κ3) is 3.68. The van der Waals surface area contributed by atoms with Gasteiger partial charge in [0.2, 0.25) is 0 Å². The molecule has 0 aliphatic heterocycles. The molecule has 0 N–H and O–H groups in total. The Hall–Kier alpha value is -3.15. The Labute approximate surface area is 146 Å². The fourth-order valence-electron chi connectivity index (χ4n) is 2.55. The fraction of sp³-hybridized carbons (Fsp3) is 0.211. The van der Waals surface area contributed by atoms with Gasteiger partial charge in [0.05, 0.1) is 7.11 Å². The number of para-hydroxylation sites is 1. The molecule has 25 heavy (non-hydrogen) atoms. The largest absolute Gasteiger partial charge is 0.496 e. The van der Waals surface area contributed by atoms with Gasteiger partial charge < -0.3 is 14.2 Å². The summed E-state index contributed by atoms with van der Waals surface area (Å²) in [5.74, 6) is 1.72. The van der Waals surface area contributed by atoms with Crippen molar-refractivity contribution in [3.63, 3.8) is 0 Å². The lowest BCUT2D eigenvalue weighted by Gasteiger charge is -2.19. The van der Waals surface area contributed by atoms with Crippen LogP contribution in [0.1, 0.15) is 21.7 Å². The fourth-order valence-corrected chi connectivity index (χ4v) is 2.55. The highest BCUT2D eigenvalue weighted by Gasteiger charge is 2.15. The van der Waals surface area contributed by atoms with Crippen LogP contribution in [-0.2, 0) is 6.54 Å². The highest BCUT2D eigenvalue weighted by molar-refractivity contribution is 5.94. The molecule has 0 aliphatic carbocycles. The topological polar surface area (TPSA) is 68.5 Å². The molecule has 0 spiro atoms. The number of aromatic nitrogens is 2. The molecule has 0 aliphatic rings. The van der Waals surface area contributed by atoms with Crippen molar-refractivity contribution in [2.45, 2.75) is 13.5 Å². The van der Waals surface area contributed by atoms with Crippen molar-refractivity contribution >= 4 is 5.91 Å². The predicted octanol–water partition coefficient (Wildman–Crippen LogP) is 3.33. The minimum atomic E-state index is -0.0702. The molecule has 6 nitrogen and oxygen atoms in total. The molecular weight excluding hydrogens is 318 g/mol. The van der Waals surface area contributed by atoms with Crippen molar-refractivity contribution in [3.8, 4) is 17.2 Å². The average molecular weight is 337 g/mol. The van der Waals surface area contributed by atoms with Crippen molar-refractivity contribution in [2.75, 3.05) is 14.2 Å². The maximum absolute atomic E-state index is 12.6. The monoisotopic (exact) mass is 337 g/mol. The molecule has 0 saturated heterocycles. The van der Waals surface area contributed by atoms with Gasteiger partial charge in [-0.2, -0.15) is 4.98 Å². The number of rotatable bonds is 5. The van der Waals surface area contributed by atoms with Crippen molar-refractivity contribution in [2.24, 2.45) is 0 Å². The van der Waals surface area contributed by atoms with E-state index < -0.39 is 0 Å². The van der Waals surface area contributed by atoms with E-state index in [1.165, 1.54) is 0 Å². The van der Waals surface area contributed by atoms with E-state index in [0.717, 1.165) is 16.9 Å². The highest BCUT2D eigenvalue weighted by atomic mass is 16.5. The summed E-state index contributed by atoms with van der Waals surface area (Å²) in [7, 11) is 3.39. The predicted molar refractivity (Wildman–Crippen MR) is 93.3 cm³/mol. The van der Waals surface area contributed by atoms with Crippen LogP contribution in [0.5, 0.6) is 5.75 Å². The second-order valence-corrected chi connectivity index (χ2v) is 5.70. The average Bonchev–Trinajstić information content (AvgIpc) is 3.08. The first-order valence-electron chi connectivity index (χ1n) is 7.86. The Balaban J connectivity index is 1.74. The molecule has 2 aromatic carbocycles. The Morgan fingerprint density at radius 3 is 2.52 bits per heavy atom. The van der Waals surface area contributed by atoms with Crippen LogP contribution < -0.4 is 4.74 Å². The zero-order valence-electron chi connectivity index (χ0n) is 14.4. The van der Waals surface area contributed by atoms with Crippen molar-refractivity contribution in [3.05, 3.63) is 65.5 Å². The Kier molecular flexibility index (Phi) is 4.79. The number of hydrogen-bond donors (Lipinski definition) is 0. The summed E-state index contributed by atoms with van der Waals surface area (Å²) in [5, 5.41) is 3.77. The van der Waals surface area contributed by atoms with E-state index in [-0.39, 0.29) is 5.91 Å². The molecular formula is C19H19N3O3. The maximum atomic E-state index is 12.6. The lowest BCUT2D eigenvalue weighted by atomic mass is 10.1. The zero-order chi connectivity index (χ0) is 17.8. The van der Waals surface area contributed by atoms with E-state index in [9.17, 15) is 4.79 Å². The first kappa shape index (κ1) is 16.7. The summed E-state index contributed by atoms with van der Waals surface area (Å²) in [4.78, 5) is 18.5. The van der Waals surface area contributed by atoms with Gasteiger partial charge in [-0.1, -0.05) is 23.4 Å². The molecule has 128 valence electrons. The smallest absolute Gasteiger partial charge is 0.257 e. The summed E-state index contributed by atoms with van der Waals surface area (Å²) < 4.78 is 10.5. The third-order valence-electron chi connectivity index (χ3n) is 3.85. The summed E-state index contributed by atoms with van der Waals surface area (Å²) in [6, 6.07) is 14.8. The molecule has 1 heterocycles. The van der Waals surface area contributed by atoms with Crippen LogP contribution in [0.4, 0.5) is 0 Å². The van der Waals surface area contributed by atoms with Crippen LogP contribution in [0.25, 0.3) is 11.5 Å². The third-order valence-corrected chi connectivity index (χ3v) is 3.85. The number of hydrogen-bond acceptors (Lipinski definition) is 5. The molecule has 1 amide bonds. The number of aryl methyl sites for hydroxylation is 1. The second kappa shape index (κ2) is 7.17. The van der Waals surface area contributed by atoms with E-state index in [2.05, 4.69) is 10.1 Å². The molecule has 0 bridgehead atoms. The van der Waals surface area contributed by atoms with Gasteiger partial charge in [0.1, 0.15) is 5.75 Å². The van der Waals surface area contributed by atoms with E-state index in [1.54, 1.807) is 50.2 Å². The molecule has 6 heteroatoms. The van der Waals surface area contributed by atoms with Crippen LogP contribution in [0.3, 0.4) is 0 Å². The molecule has 0 atom stereocenters. The van der Waals surface area contributed by atoms with Crippen molar-refractivity contribution < 1.29 is 14.1 Å². The summed E-state index contributed by atoms with van der Waals surface area (Å²) in [5.41, 5.74) is 2.33. The van der Waals surface area contributed by atoms with Gasteiger partial charge in [-0.15, -0.1) is 0 Å². The second-order valence-electron chi connectivity index (χ2n) is 5.70. The lowest BCUT2D eigenvalue weighted by molar-refractivity contribution is 0.0784. The summed E-state index contributed by atoms with van der Waals surface area (Å²) in [6.07, 6.45) is 0. The van der Waals surface area contributed by atoms with Crippen molar-refractivity contribution in [1.29, 1.82) is 0 Å². The van der Waals surface area contributed by atoms with Gasteiger partial charge in [0, 0.05) is 30.3 Å². The Bertz CT molecular complexity index is 872. The molecule has 0 saturated carbocycles.